The highest BCUT2D eigenvalue weighted by atomic mass is 16.5. The van der Waals surface area contributed by atoms with Crippen molar-refractivity contribution in [2.45, 2.75) is 65.0 Å². The van der Waals surface area contributed by atoms with E-state index in [1.165, 1.54) is 45.2 Å². The first-order chi connectivity index (χ1) is 13.1. The van der Waals surface area contributed by atoms with Crippen LogP contribution in [0.2, 0.25) is 0 Å². The van der Waals surface area contributed by atoms with Crippen LogP contribution in [0.1, 0.15) is 49.9 Å². The molecule has 2 fully saturated rings. The third-order valence-corrected chi connectivity index (χ3v) is 6.52. The third-order valence-electron chi connectivity index (χ3n) is 6.52. The van der Waals surface area contributed by atoms with Crippen LogP contribution in [0.15, 0.2) is 12.1 Å². The summed E-state index contributed by atoms with van der Waals surface area (Å²) < 4.78 is 7.38. The van der Waals surface area contributed by atoms with Gasteiger partial charge in [-0.3, -0.25) is 4.79 Å². The summed E-state index contributed by atoms with van der Waals surface area (Å²) in [7, 11) is 1.74. The number of aryl methyl sites for hydroxylation is 2. The average molecular weight is 376 g/mol. The Morgan fingerprint density at radius 2 is 1.89 bits per heavy atom. The van der Waals surface area contributed by atoms with E-state index < -0.39 is 0 Å². The van der Waals surface area contributed by atoms with Crippen molar-refractivity contribution in [3.05, 3.63) is 23.5 Å². The third kappa shape index (κ3) is 5.14. The van der Waals surface area contributed by atoms with E-state index in [-0.39, 0.29) is 5.91 Å². The minimum Gasteiger partial charge on any atom is -0.385 e. The van der Waals surface area contributed by atoms with Crippen LogP contribution in [0.5, 0.6) is 0 Å². The number of nitrogens with zero attached hydrogens (tertiary/aromatic N) is 3. The molecule has 27 heavy (non-hydrogen) atoms. The fourth-order valence-electron chi connectivity index (χ4n) is 4.97. The Labute approximate surface area is 164 Å². The summed E-state index contributed by atoms with van der Waals surface area (Å²) in [4.78, 5) is 18.0. The SMILES string of the molecule is COCCCN(C[C@@H]1CCCN2CCCC[C@H]12)C(=O)Cn1c(C)ccc1C. The van der Waals surface area contributed by atoms with Crippen molar-refractivity contribution < 1.29 is 9.53 Å². The van der Waals surface area contributed by atoms with E-state index in [4.69, 9.17) is 4.74 Å². The number of fused-ring (bicyclic) bond motifs is 1. The number of rotatable bonds is 8. The van der Waals surface area contributed by atoms with E-state index in [0.717, 1.165) is 30.9 Å². The maximum atomic E-state index is 13.2. The molecule has 2 saturated heterocycles. The number of carbonyl (C=O) groups excluding carboxylic acids is 1. The Bertz CT molecular complexity index is 591. The Balaban J connectivity index is 1.67. The van der Waals surface area contributed by atoms with Crippen molar-refractivity contribution in [1.29, 1.82) is 0 Å². The predicted molar refractivity (Wildman–Crippen MR) is 109 cm³/mol. The first-order valence-electron chi connectivity index (χ1n) is 10.7. The van der Waals surface area contributed by atoms with Gasteiger partial charge in [0, 0.05) is 44.2 Å². The van der Waals surface area contributed by atoms with Crippen molar-refractivity contribution in [3.63, 3.8) is 0 Å². The average Bonchev–Trinajstić information content (AvgIpc) is 2.99. The van der Waals surface area contributed by atoms with Crippen LogP contribution in [0, 0.1) is 19.8 Å². The van der Waals surface area contributed by atoms with Gasteiger partial charge in [-0.05, 0) is 77.1 Å². The lowest BCUT2D eigenvalue weighted by Crippen LogP contribution is -2.52. The predicted octanol–water partition coefficient (Wildman–Crippen LogP) is 3.23. The minimum atomic E-state index is 0.251. The van der Waals surface area contributed by atoms with Gasteiger partial charge in [0.05, 0.1) is 0 Å². The Hall–Kier alpha value is -1.33. The van der Waals surface area contributed by atoms with E-state index >= 15 is 0 Å². The molecule has 5 heteroatoms. The zero-order valence-corrected chi connectivity index (χ0v) is 17.5. The molecule has 0 bridgehead atoms. The van der Waals surface area contributed by atoms with Gasteiger partial charge >= 0.3 is 0 Å². The zero-order chi connectivity index (χ0) is 19.2. The molecule has 3 heterocycles. The molecule has 0 spiro atoms. The summed E-state index contributed by atoms with van der Waals surface area (Å²) in [5.74, 6) is 0.874. The topological polar surface area (TPSA) is 37.7 Å². The molecule has 2 atom stereocenters. The molecule has 5 nitrogen and oxygen atoms in total. The Morgan fingerprint density at radius 1 is 1.15 bits per heavy atom. The van der Waals surface area contributed by atoms with Crippen LogP contribution in [0.25, 0.3) is 0 Å². The van der Waals surface area contributed by atoms with Crippen molar-refractivity contribution in [2.24, 2.45) is 5.92 Å². The van der Waals surface area contributed by atoms with Crippen LogP contribution in [-0.2, 0) is 16.1 Å². The van der Waals surface area contributed by atoms with Gasteiger partial charge in [0.1, 0.15) is 6.54 Å². The molecule has 152 valence electrons. The summed E-state index contributed by atoms with van der Waals surface area (Å²) in [6.45, 7) is 9.54. The van der Waals surface area contributed by atoms with Crippen molar-refractivity contribution in [2.75, 3.05) is 39.9 Å². The molecule has 2 aliphatic rings. The van der Waals surface area contributed by atoms with E-state index in [1.807, 2.05) is 0 Å². The molecule has 0 aliphatic carbocycles. The lowest BCUT2D eigenvalue weighted by atomic mass is 9.83. The van der Waals surface area contributed by atoms with Gasteiger partial charge in [-0.15, -0.1) is 0 Å². The highest BCUT2D eigenvalue weighted by Gasteiger charge is 2.34. The summed E-state index contributed by atoms with van der Waals surface area (Å²) in [5.41, 5.74) is 2.32. The molecule has 0 radical (unpaired) electrons. The molecule has 1 aromatic heterocycles. The number of carbonyl (C=O) groups is 1. The molecule has 1 aromatic rings. The second-order valence-corrected chi connectivity index (χ2v) is 8.39. The summed E-state index contributed by atoms with van der Waals surface area (Å²) in [5, 5.41) is 0. The fraction of sp³-hybridized carbons (Fsp3) is 0.773. The number of piperidine rings is 2. The maximum absolute atomic E-state index is 13.2. The second kappa shape index (κ2) is 9.74. The minimum absolute atomic E-state index is 0.251. The summed E-state index contributed by atoms with van der Waals surface area (Å²) in [6, 6.07) is 4.87. The van der Waals surface area contributed by atoms with E-state index in [2.05, 4.69) is 40.3 Å². The molecule has 0 saturated carbocycles. The molecular formula is C22H37N3O2. The fourth-order valence-corrected chi connectivity index (χ4v) is 4.97. The van der Waals surface area contributed by atoms with Crippen LogP contribution >= 0.6 is 0 Å². The number of hydrogen-bond acceptors (Lipinski definition) is 3. The summed E-state index contributed by atoms with van der Waals surface area (Å²) in [6.07, 6.45) is 7.43. The largest absolute Gasteiger partial charge is 0.385 e. The van der Waals surface area contributed by atoms with Gasteiger partial charge in [0.15, 0.2) is 0 Å². The van der Waals surface area contributed by atoms with Crippen LogP contribution in [-0.4, -0.2) is 66.2 Å². The number of ether oxygens (including phenoxy) is 1. The standard InChI is InChI=1S/C22H37N3O2/c1-18-10-11-19(2)25(18)17-22(26)24(14-7-15-27-3)16-20-8-6-13-23-12-5-4-9-21(20)23/h10-11,20-21H,4-9,12-17H2,1-3H3/t20-,21+/m0/s1. The normalized spacial score (nSPS) is 23.2. The number of amides is 1. The molecule has 0 aromatic carbocycles. The number of methoxy groups -OCH3 is 1. The van der Waals surface area contributed by atoms with Gasteiger partial charge in [-0.2, -0.15) is 0 Å². The highest BCUT2D eigenvalue weighted by Crippen LogP contribution is 2.31. The Kier molecular flexibility index (Phi) is 7.36. The van der Waals surface area contributed by atoms with Crippen LogP contribution < -0.4 is 0 Å². The van der Waals surface area contributed by atoms with Crippen molar-refractivity contribution in [3.8, 4) is 0 Å². The molecule has 2 aliphatic heterocycles. The molecule has 0 N–H and O–H groups in total. The molecule has 1 amide bonds. The van der Waals surface area contributed by atoms with E-state index in [0.29, 0.717) is 25.1 Å². The highest BCUT2D eigenvalue weighted by molar-refractivity contribution is 5.76. The van der Waals surface area contributed by atoms with Crippen molar-refractivity contribution >= 4 is 5.91 Å². The second-order valence-electron chi connectivity index (χ2n) is 8.39. The van der Waals surface area contributed by atoms with E-state index in [1.54, 1.807) is 7.11 Å². The first-order valence-corrected chi connectivity index (χ1v) is 10.7. The summed E-state index contributed by atoms with van der Waals surface area (Å²) >= 11 is 0. The van der Waals surface area contributed by atoms with Gasteiger partial charge in [-0.1, -0.05) is 6.42 Å². The zero-order valence-electron chi connectivity index (χ0n) is 17.5. The number of hydrogen-bond donors (Lipinski definition) is 0. The van der Waals surface area contributed by atoms with Gasteiger partial charge in [0.25, 0.3) is 0 Å². The quantitative estimate of drug-likeness (QED) is 0.655. The molecule has 0 unspecified atom stereocenters. The first kappa shape index (κ1) is 20.4. The molecular weight excluding hydrogens is 338 g/mol. The lowest BCUT2D eigenvalue weighted by Gasteiger charge is -2.45. The monoisotopic (exact) mass is 375 g/mol. The van der Waals surface area contributed by atoms with Crippen molar-refractivity contribution in [1.82, 2.24) is 14.4 Å². The van der Waals surface area contributed by atoms with Crippen LogP contribution in [0.4, 0.5) is 0 Å². The number of aromatic nitrogens is 1. The Morgan fingerprint density at radius 3 is 2.63 bits per heavy atom. The van der Waals surface area contributed by atoms with Gasteiger partial charge in [-0.25, -0.2) is 0 Å². The van der Waals surface area contributed by atoms with Gasteiger partial charge < -0.3 is 19.1 Å². The van der Waals surface area contributed by atoms with Gasteiger partial charge in [0.2, 0.25) is 5.91 Å². The van der Waals surface area contributed by atoms with Crippen LogP contribution in [0.3, 0.4) is 0 Å². The maximum Gasteiger partial charge on any atom is 0.242 e. The smallest absolute Gasteiger partial charge is 0.242 e. The van der Waals surface area contributed by atoms with E-state index in [9.17, 15) is 4.79 Å². The lowest BCUT2D eigenvalue weighted by molar-refractivity contribution is -0.133. The molecule has 3 rings (SSSR count).